The van der Waals surface area contributed by atoms with Crippen molar-refractivity contribution in [3.63, 3.8) is 0 Å². The first-order chi connectivity index (χ1) is 9.24. The van der Waals surface area contributed by atoms with E-state index in [-0.39, 0.29) is 42.2 Å². The molecule has 1 saturated heterocycles. The number of carbonyl (C=O) groups is 1. The molecule has 118 valence electrons. The summed E-state index contributed by atoms with van der Waals surface area (Å²) in [6.07, 6.45) is 2.27. The van der Waals surface area contributed by atoms with E-state index in [1.54, 1.807) is 4.90 Å². The number of halogens is 3. The maximum Gasteiger partial charge on any atom is 0.441 e. The van der Waals surface area contributed by atoms with E-state index in [1.165, 1.54) is 0 Å². The SMILES string of the molecule is CCCC1NC(CC(C)C)C(=O)N1CCSC(F)(F)F. The Labute approximate surface area is 122 Å². The molecular weight excluding hydrogens is 289 g/mol. The Morgan fingerprint density at radius 2 is 2.05 bits per heavy atom. The standard InChI is InChI=1S/C13H23F3N2OS/c1-4-5-11-17-10(8-9(2)3)12(19)18(11)6-7-20-13(14,15)16/h9-11,17H,4-8H2,1-3H3. The van der Waals surface area contributed by atoms with Crippen molar-refractivity contribution in [2.24, 2.45) is 5.92 Å². The Balaban J connectivity index is 2.57. The second-order valence-electron chi connectivity index (χ2n) is 5.48. The van der Waals surface area contributed by atoms with Crippen molar-refractivity contribution >= 4 is 17.7 Å². The molecule has 0 spiro atoms. The Kier molecular flexibility index (Phi) is 6.64. The third-order valence-electron chi connectivity index (χ3n) is 3.22. The second-order valence-corrected chi connectivity index (χ2v) is 6.64. The monoisotopic (exact) mass is 312 g/mol. The van der Waals surface area contributed by atoms with Crippen LogP contribution in [-0.4, -0.2) is 40.8 Å². The number of nitrogens with one attached hydrogen (secondary N) is 1. The van der Waals surface area contributed by atoms with Crippen LogP contribution >= 0.6 is 11.8 Å². The highest BCUT2D eigenvalue weighted by molar-refractivity contribution is 8.00. The first kappa shape index (κ1) is 17.6. The Morgan fingerprint density at radius 3 is 2.55 bits per heavy atom. The molecule has 1 aliphatic heterocycles. The largest absolute Gasteiger partial charge is 0.441 e. The maximum absolute atomic E-state index is 12.3. The van der Waals surface area contributed by atoms with Gasteiger partial charge in [0, 0.05) is 12.3 Å². The van der Waals surface area contributed by atoms with Crippen LogP contribution in [0.1, 0.15) is 40.0 Å². The third-order valence-corrected chi connectivity index (χ3v) is 3.93. The fourth-order valence-electron chi connectivity index (χ4n) is 2.43. The average Bonchev–Trinajstić information content (AvgIpc) is 2.56. The van der Waals surface area contributed by atoms with Gasteiger partial charge in [-0.1, -0.05) is 27.2 Å². The van der Waals surface area contributed by atoms with E-state index in [1.807, 2.05) is 20.8 Å². The minimum absolute atomic E-state index is 0.0556. The number of thioether (sulfide) groups is 1. The van der Waals surface area contributed by atoms with Crippen LogP contribution in [0.15, 0.2) is 0 Å². The molecule has 20 heavy (non-hydrogen) atoms. The summed E-state index contributed by atoms with van der Waals surface area (Å²) in [5.74, 6) is 0.217. The third kappa shape index (κ3) is 5.52. The number of rotatable bonds is 7. The molecule has 1 aliphatic rings. The first-order valence-electron chi connectivity index (χ1n) is 7.01. The highest BCUT2D eigenvalue weighted by Gasteiger charge is 2.38. The summed E-state index contributed by atoms with van der Waals surface area (Å²) in [6.45, 7) is 6.22. The second kappa shape index (κ2) is 7.54. The van der Waals surface area contributed by atoms with Crippen LogP contribution < -0.4 is 5.32 Å². The highest BCUT2D eigenvalue weighted by Crippen LogP contribution is 2.30. The Bertz CT molecular complexity index is 323. The number of hydrogen-bond acceptors (Lipinski definition) is 3. The number of amides is 1. The minimum atomic E-state index is -4.23. The van der Waals surface area contributed by atoms with Crippen molar-refractivity contribution in [2.75, 3.05) is 12.3 Å². The zero-order chi connectivity index (χ0) is 15.3. The minimum Gasteiger partial charge on any atom is -0.325 e. The van der Waals surface area contributed by atoms with E-state index in [4.69, 9.17) is 0 Å². The summed E-state index contributed by atoms with van der Waals surface area (Å²) in [5.41, 5.74) is -4.23. The zero-order valence-corrected chi connectivity index (χ0v) is 13.0. The summed E-state index contributed by atoms with van der Waals surface area (Å²) >= 11 is -0.0640. The molecule has 1 N–H and O–H groups in total. The van der Waals surface area contributed by atoms with E-state index < -0.39 is 5.51 Å². The van der Waals surface area contributed by atoms with Gasteiger partial charge in [0.25, 0.3) is 0 Å². The van der Waals surface area contributed by atoms with Gasteiger partial charge in [-0.25, -0.2) is 0 Å². The summed E-state index contributed by atoms with van der Waals surface area (Å²) in [6, 6.07) is -0.248. The van der Waals surface area contributed by atoms with Gasteiger partial charge in [-0.05, 0) is 30.5 Å². The van der Waals surface area contributed by atoms with Gasteiger partial charge in [0.15, 0.2) is 0 Å². The molecule has 1 rings (SSSR count). The van der Waals surface area contributed by atoms with Crippen molar-refractivity contribution < 1.29 is 18.0 Å². The van der Waals surface area contributed by atoms with Crippen LogP contribution in [0, 0.1) is 5.92 Å². The molecule has 0 aromatic carbocycles. The van der Waals surface area contributed by atoms with Gasteiger partial charge in [0.05, 0.1) is 12.2 Å². The lowest BCUT2D eigenvalue weighted by atomic mass is 10.0. The average molecular weight is 312 g/mol. The first-order valence-corrected chi connectivity index (χ1v) is 8.00. The van der Waals surface area contributed by atoms with Gasteiger partial charge >= 0.3 is 5.51 Å². The molecule has 1 amide bonds. The summed E-state index contributed by atoms with van der Waals surface area (Å²) in [5, 5.41) is 3.26. The molecule has 3 nitrogen and oxygen atoms in total. The summed E-state index contributed by atoms with van der Waals surface area (Å²) < 4.78 is 36.5. The summed E-state index contributed by atoms with van der Waals surface area (Å²) in [7, 11) is 0. The molecule has 0 saturated carbocycles. The van der Waals surface area contributed by atoms with Crippen LogP contribution in [0.5, 0.6) is 0 Å². The van der Waals surface area contributed by atoms with Crippen LogP contribution in [0.3, 0.4) is 0 Å². The van der Waals surface area contributed by atoms with Gasteiger partial charge in [0.1, 0.15) is 0 Å². The lowest BCUT2D eigenvalue weighted by molar-refractivity contribution is -0.130. The zero-order valence-electron chi connectivity index (χ0n) is 12.2. The van der Waals surface area contributed by atoms with Crippen molar-refractivity contribution in [2.45, 2.75) is 57.7 Å². The van der Waals surface area contributed by atoms with Crippen LogP contribution in [0.2, 0.25) is 0 Å². The number of nitrogens with zero attached hydrogens (tertiary/aromatic N) is 1. The molecule has 0 aliphatic carbocycles. The van der Waals surface area contributed by atoms with Crippen molar-refractivity contribution in [1.29, 1.82) is 0 Å². The topological polar surface area (TPSA) is 32.3 Å². The van der Waals surface area contributed by atoms with E-state index >= 15 is 0 Å². The predicted octanol–water partition coefficient (Wildman–Crippen LogP) is 3.21. The quantitative estimate of drug-likeness (QED) is 0.783. The lowest BCUT2D eigenvalue weighted by Crippen LogP contribution is -2.38. The van der Waals surface area contributed by atoms with Gasteiger partial charge < -0.3 is 4.90 Å². The molecule has 0 bridgehead atoms. The van der Waals surface area contributed by atoms with Crippen molar-refractivity contribution in [1.82, 2.24) is 10.2 Å². The molecule has 0 radical (unpaired) electrons. The number of carbonyl (C=O) groups excluding carboxylic acids is 1. The van der Waals surface area contributed by atoms with Gasteiger partial charge in [0.2, 0.25) is 5.91 Å². The van der Waals surface area contributed by atoms with E-state index in [0.29, 0.717) is 5.92 Å². The Hall–Kier alpha value is -0.430. The highest BCUT2D eigenvalue weighted by atomic mass is 32.2. The van der Waals surface area contributed by atoms with Gasteiger partial charge in [-0.15, -0.1) is 0 Å². The van der Waals surface area contributed by atoms with Crippen LogP contribution in [0.4, 0.5) is 13.2 Å². The number of hydrogen-bond donors (Lipinski definition) is 1. The molecule has 0 aromatic rings. The predicted molar refractivity (Wildman–Crippen MR) is 75.3 cm³/mol. The van der Waals surface area contributed by atoms with E-state index in [9.17, 15) is 18.0 Å². The molecule has 1 fully saturated rings. The molecule has 1 heterocycles. The van der Waals surface area contributed by atoms with Gasteiger partial charge in [-0.2, -0.15) is 13.2 Å². The fraction of sp³-hybridized carbons (Fsp3) is 0.923. The Morgan fingerprint density at radius 1 is 1.40 bits per heavy atom. The molecular formula is C13H23F3N2OS. The molecule has 2 atom stereocenters. The summed E-state index contributed by atoms with van der Waals surface area (Å²) in [4.78, 5) is 13.8. The fourth-order valence-corrected chi connectivity index (χ4v) is 2.95. The molecule has 7 heteroatoms. The van der Waals surface area contributed by atoms with Gasteiger partial charge in [-0.3, -0.25) is 10.1 Å². The smallest absolute Gasteiger partial charge is 0.325 e. The number of alkyl halides is 3. The van der Waals surface area contributed by atoms with Crippen LogP contribution in [-0.2, 0) is 4.79 Å². The van der Waals surface area contributed by atoms with Crippen molar-refractivity contribution in [3.05, 3.63) is 0 Å². The molecule has 2 unspecified atom stereocenters. The van der Waals surface area contributed by atoms with Crippen molar-refractivity contribution in [3.8, 4) is 0 Å². The van der Waals surface area contributed by atoms with Crippen LogP contribution in [0.25, 0.3) is 0 Å². The normalized spacial score (nSPS) is 23.9. The lowest BCUT2D eigenvalue weighted by Gasteiger charge is -2.23. The maximum atomic E-state index is 12.3. The molecule has 0 aromatic heterocycles. The van der Waals surface area contributed by atoms with E-state index in [2.05, 4.69) is 5.32 Å². The van der Waals surface area contributed by atoms with E-state index in [0.717, 1.165) is 19.3 Å².